The van der Waals surface area contributed by atoms with Gasteiger partial charge in [0.1, 0.15) is 5.82 Å². The van der Waals surface area contributed by atoms with Crippen molar-refractivity contribution in [3.8, 4) is 0 Å². The van der Waals surface area contributed by atoms with Crippen LogP contribution in [0.2, 0.25) is 0 Å². The van der Waals surface area contributed by atoms with Gasteiger partial charge in [-0.1, -0.05) is 17.8 Å². The zero-order valence-electron chi connectivity index (χ0n) is 9.73. The number of aryl methyl sites for hydroxylation is 1. The van der Waals surface area contributed by atoms with Crippen molar-refractivity contribution in [3.05, 3.63) is 18.5 Å². The van der Waals surface area contributed by atoms with E-state index in [4.69, 9.17) is 0 Å². The third-order valence-electron chi connectivity index (χ3n) is 2.12. The second kappa shape index (κ2) is 5.69. The highest BCUT2D eigenvalue weighted by atomic mass is 32.2. The number of rotatable bonds is 5. The van der Waals surface area contributed by atoms with Gasteiger partial charge in [0.2, 0.25) is 5.91 Å². The summed E-state index contributed by atoms with van der Waals surface area (Å²) in [5.74, 6) is 0.812. The molecule has 16 heavy (non-hydrogen) atoms. The SMILES string of the molecule is C=CCNC(=O)[C@@H](C)Sc1nnc(C)n1C. The number of amides is 1. The number of hydrogen-bond donors (Lipinski definition) is 1. The summed E-state index contributed by atoms with van der Waals surface area (Å²) in [6.07, 6.45) is 1.65. The average molecular weight is 240 g/mol. The Morgan fingerprint density at radius 2 is 2.38 bits per heavy atom. The Morgan fingerprint density at radius 3 is 2.88 bits per heavy atom. The van der Waals surface area contributed by atoms with Crippen LogP contribution in [0.15, 0.2) is 17.8 Å². The minimum atomic E-state index is -0.192. The molecule has 0 aliphatic carbocycles. The average Bonchev–Trinajstić information content (AvgIpc) is 2.57. The van der Waals surface area contributed by atoms with Gasteiger partial charge in [-0.2, -0.15) is 0 Å². The lowest BCUT2D eigenvalue weighted by molar-refractivity contribution is -0.120. The van der Waals surface area contributed by atoms with E-state index >= 15 is 0 Å². The molecular weight excluding hydrogens is 224 g/mol. The summed E-state index contributed by atoms with van der Waals surface area (Å²) < 4.78 is 1.86. The number of carbonyl (C=O) groups excluding carboxylic acids is 1. The first-order chi connectivity index (χ1) is 7.56. The minimum Gasteiger partial charge on any atom is -0.352 e. The van der Waals surface area contributed by atoms with Crippen LogP contribution in [0.5, 0.6) is 0 Å². The molecule has 1 atom stereocenters. The number of carbonyl (C=O) groups is 1. The highest BCUT2D eigenvalue weighted by Gasteiger charge is 2.16. The summed E-state index contributed by atoms with van der Waals surface area (Å²) in [4.78, 5) is 11.6. The van der Waals surface area contributed by atoms with Gasteiger partial charge in [-0.25, -0.2) is 0 Å². The molecule has 1 N–H and O–H groups in total. The lowest BCUT2D eigenvalue weighted by Crippen LogP contribution is -2.31. The highest BCUT2D eigenvalue weighted by Crippen LogP contribution is 2.20. The lowest BCUT2D eigenvalue weighted by atomic mass is 10.4. The molecule has 1 rings (SSSR count). The predicted molar refractivity (Wildman–Crippen MR) is 64.3 cm³/mol. The van der Waals surface area contributed by atoms with Gasteiger partial charge in [0.05, 0.1) is 5.25 Å². The molecule has 0 aliphatic rings. The van der Waals surface area contributed by atoms with E-state index in [0.29, 0.717) is 6.54 Å². The molecule has 0 spiro atoms. The quantitative estimate of drug-likeness (QED) is 0.614. The van der Waals surface area contributed by atoms with Gasteiger partial charge in [-0.05, 0) is 13.8 Å². The van der Waals surface area contributed by atoms with Crippen LogP contribution in [0, 0.1) is 6.92 Å². The van der Waals surface area contributed by atoms with E-state index in [9.17, 15) is 4.79 Å². The third-order valence-corrected chi connectivity index (χ3v) is 3.26. The smallest absolute Gasteiger partial charge is 0.233 e. The number of nitrogens with one attached hydrogen (secondary N) is 1. The van der Waals surface area contributed by atoms with E-state index in [2.05, 4.69) is 22.1 Å². The van der Waals surface area contributed by atoms with E-state index in [1.807, 2.05) is 25.5 Å². The Balaban J connectivity index is 2.57. The van der Waals surface area contributed by atoms with Crippen molar-refractivity contribution in [1.82, 2.24) is 20.1 Å². The van der Waals surface area contributed by atoms with Crippen LogP contribution in [0.3, 0.4) is 0 Å². The standard InChI is InChI=1S/C10H16N4OS/c1-5-6-11-9(15)7(2)16-10-13-12-8(3)14(10)4/h5,7H,1,6H2,2-4H3,(H,11,15)/t7-/m1/s1. The number of aromatic nitrogens is 3. The van der Waals surface area contributed by atoms with Crippen LogP contribution in [0.4, 0.5) is 0 Å². The first-order valence-corrected chi connectivity index (χ1v) is 5.85. The van der Waals surface area contributed by atoms with Crippen molar-refractivity contribution >= 4 is 17.7 Å². The van der Waals surface area contributed by atoms with E-state index in [0.717, 1.165) is 11.0 Å². The maximum Gasteiger partial charge on any atom is 0.233 e. The molecule has 1 aromatic heterocycles. The molecule has 1 heterocycles. The Morgan fingerprint density at radius 1 is 1.69 bits per heavy atom. The van der Waals surface area contributed by atoms with Gasteiger partial charge >= 0.3 is 0 Å². The van der Waals surface area contributed by atoms with Gasteiger partial charge in [-0.3, -0.25) is 4.79 Å². The van der Waals surface area contributed by atoms with Gasteiger partial charge in [0, 0.05) is 13.6 Å². The Kier molecular flexibility index (Phi) is 4.54. The molecule has 0 bridgehead atoms. The summed E-state index contributed by atoms with van der Waals surface area (Å²) in [5.41, 5.74) is 0. The van der Waals surface area contributed by atoms with Crippen LogP contribution in [0.25, 0.3) is 0 Å². The first kappa shape index (κ1) is 12.8. The number of nitrogens with zero attached hydrogens (tertiary/aromatic N) is 3. The molecule has 6 heteroatoms. The van der Waals surface area contributed by atoms with Gasteiger partial charge in [0.25, 0.3) is 0 Å². The summed E-state index contributed by atoms with van der Waals surface area (Å²) in [7, 11) is 1.88. The maximum atomic E-state index is 11.6. The molecule has 5 nitrogen and oxygen atoms in total. The van der Waals surface area contributed by atoms with Crippen molar-refractivity contribution in [2.75, 3.05) is 6.54 Å². The van der Waals surface area contributed by atoms with E-state index in [1.54, 1.807) is 6.08 Å². The van der Waals surface area contributed by atoms with E-state index < -0.39 is 0 Å². The molecule has 1 amide bonds. The van der Waals surface area contributed by atoms with Crippen LogP contribution >= 0.6 is 11.8 Å². The van der Waals surface area contributed by atoms with E-state index in [1.165, 1.54) is 11.8 Å². The monoisotopic (exact) mass is 240 g/mol. The molecule has 0 saturated heterocycles. The highest BCUT2D eigenvalue weighted by molar-refractivity contribution is 8.00. The zero-order valence-corrected chi connectivity index (χ0v) is 10.5. The molecule has 0 fully saturated rings. The predicted octanol–water partition coefficient (Wildman–Crippen LogP) is 0.906. The molecular formula is C10H16N4OS. The van der Waals surface area contributed by atoms with Crippen LogP contribution in [0.1, 0.15) is 12.7 Å². The minimum absolute atomic E-state index is 0.0226. The number of thioether (sulfide) groups is 1. The van der Waals surface area contributed by atoms with Crippen LogP contribution < -0.4 is 5.32 Å². The Labute approximate surface area is 99.3 Å². The van der Waals surface area contributed by atoms with Crippen molar-refractivity contribution in [3.63, 3.8) is 0 Å². The molecule has 0 saturated carbocycles. The lowest BCUT2D eigenvalue weighted by Gasteiger charge is -2.09. The van der Waals surface area contributed by atoms with Gasteiger partial charge < -0.3 is 9.88 Å². The van der Waals surface area contributed by atoms with Crippen molar-refractivity contribution in [2.45, 2.75) is 24.3 Å². The van der Waals surface area contributed by atoms with Crippen LogP contribution in [-0.2, 0) is 11.8 Å². The van der Waals surface area contributed by atoms with Gasteiger partial charge in [0.15, 0.2) is 5.16 Å². The molecule has 1 aromatic rings. The fourth-order valence-corrected chi connectivity index (χ4v) is 1.90. The second-order valence-electron chi connectivity index (χ2n) is 3.38. The van der Waals surface area contributed by atoms with Crippen LogP contribution in [-0.4, -0.2) is 32.5 Å². The maximum absolute atomic E-state index is 11.6. The van der Waals surface area contributed by atoms with Crippen molar-refractivity contribution in [2.24, 2.45) is 7.05 Å². The Hall–Kier alpha value is -1.30. The third kappa shape index (κ3) is 3.10. The molecule has 0 radical (unpaired) electrons. The molecule has 88 valence electrons. The summed E-state index contributed by atoms with van der Waals surface area (Å²) in [6.45, 7) is 7.75. The summed E-state index contributed by atoms with van der Waals surface area (Å²) in [6, 6.07) is 0. The summed E-state index contributed by atoms with van der Waals surface area (Å²) in [5, 5.41) is 11.2. The van der Waals surface area contributed by atoms with Gasteiger partial charge in [-0.15, -0.1) is 16.8 Å². The Bertz CT molecular complexity index is 388. The fourth-order valence-electron chi connectivity index (χ4n) is 1.02. The molecule has 0 unspecified atom stereocenters. The van der Waals surface area contributed by atoms with Crippen molar-refractivity contribution in [1.29, 1.82) is 0 Å². The van der Waals surface area contributed by atoms with E-state index in [-0.39, 0.29) is 11.2 Å². The normalized spacial score (nSPS) is 12.2. The largest absolute Gasteiger partial charge is 0.352 e. The molecule has 0 aliphatic heterocycles. The zero-order chi connectivity index (χ0) is 12.1. The molecule has 0 aromatic carbocycles. The van der Waals surface area contributed by atoms with Crippen molar-refractivity contribution < 1.29 is 4.79 Å². The first-order valence-electron chi connectivity index (χ1n) is 4.97. The fraction of sp³-hybridized carbons (Fsp3) is 0.500. The summed E-state index contributed by atoms with van der Waals surface area (Å²) >= 11 is 1.39. The number of hydrogen-bond acceptors (Lipinski definition) is 4. The second-order valence-corrected chi connectivity index (χ2v) is 4.69. The topological polar surface area (TPSA) is 59.8 Å².